The highest BCUT2D eigenvalue weighted by molar-refractivity contribution is 5.79. The largest absolute Gasteiger partial charge is 0.416 e. The van der Waals surface area contributed by atoms with Crippen LogP contribution in [0.1, 0.15) is 39.5 Å². The molecule has 0 bridgehead atoms. The van der Waals surface area contributed by atoms with E-state index in [2.05, 4.69) is 49.6 Å². The first-order valence-electron chi connectivity index (χ1n) is 13.3. The Morgan fingerprint density at radius 2 is 1.64 bits per heavy atom. The minimum atomic E-state index is -4.43. The molecule has 12 heteroatoms. The number of nitrogens with zero attached hydrogens (tertiary/aromatic N) is 4. The van der Waals surface area contributed by atoms with E-state index in [4.69, 9.17) is 0 Å². The van der Waals surface area contributed by atoms with Crippen molar-refractivity contribution in [3.05, 3.63) is 76.6 Å². The molecule has 3 aromatic rings. The van der Waals surface area contributed by atoms with E-state index in [1.54, 1.807) is 32.6 Å². The number of carbonyl (C=O) groups is 2. The molecule has 0 atom stereocenters. The van der Waals surface area contributed by atoms with Crippen molar-refractivity contribution in [2.75, 3.05) is 62.8 Å². The summed E-state index contributed by atoms with van der Waals surface area (Å²) in [6.45, 7) is 6.60. The maximum atomic E-state index is 13.1. The van der Waals surface area contributed by atoms with Gasteiger partial charge >= 0.3 is 6.18 Å². The van der Waals surface area contributed by atoms with E-state index in [0.29, 0.717) is 29.8 Å². The number of amides is 1. The van der Waals surface area contributed by atoms with Gasteiger partial charge in [0.25, 0.3) is 0 Å². The summed E-state index contributed by atoms with van der Waals surface area (Å²) in [7, 11) is 3.54. The molecule has 0 saturated carbocycles. The number of likely N-dealkylation sites (N-methyl/N-ethyl adjacent to an activating group) is 1. The molecule has 0 radical (unpaired) electrons. The monoisotopic (exact) mass is 581 g/mol. The van der Waals surface area contributed by atoms with Crippen LogP contribution in [-0.2, 0) is 17.5 Å². The molecule has 0 spiro atoms. The summed E-state index contributed by atoms with van der Waals surface area (Å²) in [6.07, 6.45) is -0.0394. The first-order chi connectivity index (χ1) is 20.2. The van der Waals surface area contributed by atoms with E-state index in [-0.39, 0.29) is 17.7 Å². The Bertz CT molecular complexity index is 1410. The van der Waals surface area contributed by atoms with Crippen molar-refractivity contribution in [1.82, 2.24) is 19.8 Å². The van der Waals surface area contributed by atoms with Crippen LogP contribution in [0.15, 0.2) is 48.8 Å². The summed E-state index contributed by atoms with van der Waals surface area (Å²) < 4.78 is 39.3. The number of hydrogen-bond donors (Lipinski definition) is 3. The third-order valence-electron chi connectivity index (χ3n) is 6.59. The van der Waals surface area contributed by atoms with Crippen LogP contribution in [-0.4, -0.2) is 79.3 Å². The lowest BCUT2D eigenvalue weighted by Gasteiger charge is -2.34. The SMILES string of the molecule is CCN1CCN(Cc2ccc(C=O)cc2C(F)(F)F)CC1.CNc1cc(C#Cc2cnc(NC)c(NC=O)c2)ccn1. The molecule has 9 nitrogen and oxygen atoms in total. The molecule has 0 unspecified atom stereocenters. The van der Waals surface area contributed by atoms with Crippen LogP contribution in [0.2, 0.25) is 0 Å². The Morgan fingerprint density at radius 3 is 2.26 bits per heavy atom. The second kappa shape index (κ2) is 15.5. The van der Waals surface area contributed by atoms with Gasteiger partial charge in [0, 0.05) is 75.9 Å². The van der Waals surface area contributed by atoms with Gasteiger partial charge in [-0.1, -0.05) is 30.9 Å². The van der Waals surface area contributed by atoms with Crippen molar-refractivity contribution in [1.29, 1.82) is 0 Å². The van der Waals surface area contributed by atoms with Crippen molar-refractivity contribution >= 4 is 30.0 Å². The maximum Gasteiger partial charge on any atom is 0.416 e. The number of nitrogens with one attached hydrogen (secondary N) is 3. The van der Waals surface area contributed by atoms with E-state index in [1.165, 1.54) is 12.1 Å². The van der Waals surface area contributed by atoms with Crippen LogP contribution in [0.3, 0.4) is 0 Å². The molecule has 222 valence electrons. The van der Waals surface area contributed by atoms with Crippen LogP contribution in [0.4, 0.5) is 30.5 Å². The minimum Gasteiger partial charge on any atom is -0.373 e. The zero-order valence-corrected chi connectivity index (χ0v) is 23.8. The van der Waals surface area contributed by atoms with Crippen molar-refractivity contribution in [2.45, 2.75) is 19.6 Å². The molecular formula is C30H34F3N7O2. The van der Waals surface area contributed by atoms with Gasteiger partial charge in [0.15, 0.2) is 0 Å². The molecule has 1 aliphatic rings. The molecule has 1 amide bonds. The first-order valence-corrected chi connectivity index (χ1v) is 13.3. The number of pyridine rings is 2. The number of aldehydes is 1. The predicted octanol–water partition coefficient (Wildman–Crippen LogP) is 4.18. The zero-order chi connectivity index (χ0) is 30.5. The fourth-order valence-electron chi connectivity index (χ4n) is 4.27. The number of benzene rings is 1. The average molecular weight is 582 g/mol. The fourth-order valence-corrected chi connectivity index (χ4v) is 4.27. The van der Waals surface area contributed by atoms with Crippen molar-refractivity contribution in [2.24, 2.45) is 0 Å². The molecule has 2 aromatic heterocycles. The zero-order valence-electron chi connectivity index (χ0n) is 23.8. The summed E-state index contributed by atoms with van der Waals surface area (Å²) >= 11 is 0. The number of piperazine rings is 1. The highest BCUT2D eigenvalue weighted by Gasteiger charge is 2.34. The Labute approximate surface area is 243 Å². The van der Waals surface area contributed by atoms with Gasteiger partial charge in [-0.3, -0.25) is 14.5 Å². The first kappa shape index (κ1) is 32.0. The topological polar surface area (TPSA) is 102 Å². The van der Waals surface area contributed by atoms with Gasteiger partial charge in [-0.2, -0.15) is 13.2 Å². The molecule has 0 aliphatic carbocycles. The molecule has 1 aromatic carbocycles. The summed E-state index contributed by atoms with van der Waals surface area (Å²) in [5.41, 5.74) is 1.73. The van der Waals surface area contributed by atoms with Gasteiger partial charge in [-0.05, 0) is 36.4 Å². The Morgan fingerprint density at radius 1 is 0.929 bits per heavy atom. The van der Waals surface area contributed by atoms with Gasteiger partial charge in [0.2, 0.25) is 6.41 Å². The summed E-state index contributed by atoms with van der Waals surface area (Å²) in [4.78, 5) is 33.9. The van der Waals surface area contributed by atoms with Crippen molar-refractivity contribution in [3.63, 3.8) is 0 Å². The van der Waals surface area contributed by atoms with Crippen LogP contribution < -0.4 is 16.0 Å². The van der Waals surface area contributed by atoms with E-state index < -0.39 is 11.7 Å². The Balaban J connectivity index is 0.000000230. The summed E-state index contributed by atoms with van der Waals surface area (Å²) in [5.74, 6) is 7.40. The maximum absolute atomic E-state index is 13.1. The molecule has 3 N–H and O–H groups in total. The molecule has 1 fully saturated rings. The fraction of sp³-hybridized carbons (Fsp3) is 0.333. The average Bonchev–Trinajstić information content (AvgIpc) is 3.01. The van der Waals surface area contributed by atoms with E-state index in [1.807, 2.05) is 17.0 Å². The number of anilines is 3. The molecule has 42 heavy (non-hydrogen) atoms. The van der Waals surface area contributed by atoms with E-state index >= 15 is 0 Å². The van der Waals surface area contributed by atoms with Gasteiger partial charge < -0.3 is 20.9 Å². The van der Waals surface area contributed by atoms with Crippen molar-refractivity contribution in [3.8, 4) is 11.8 Å². The second-order valence-corrected chi connectivity index (χ2v) is 9.30. The number of carbonyl (C=O) groups excluding carboxylic acids is 2. The number of alkyl halides is 3. The number of aromatic nitrogens is 2. The van der Waals surface area contributed by atoms with Gasteiger partial charge in [0.1, 0.15) is 17.9 Å². The summed E-state index contributed by atoms with van der Waals surface area (Å²) in [6, 6.07) is 9.24. The predicted molar refractivity (Wildman–Crippen MR) is 157 cm³/mol. The number of hydrogen-bond acceptors (Lipinski definition) is 8. The third-order valence-corrected chi connectivity index (χ3v) is 6.59. The molecular weight excluding hydrogens is 547 g/mol. The number of rotatable bonds is 8. The van der Waals surface area contributed by atoms with Crippen LogP contribution >= 0.6 is 0 Å². The molecule has 1 saturated heterocycles. The second-order valence-electron chi connectivity index (χ2n) is 9.30. The normalized spacial score (nSPS) is 13.6. The standard InChI is InChI=1S/C15H19F3N2O.C15H15N5O/c1-2-19-5-7-20(8-6-19)10-13-4-3-12(11-21)9-14(13)15(16,17)18;1-16-14-8-11(5-6-18-14)3-4-12-7-13(20-10-21)15(17-2)19-9-12/h3-4,9,11H,2,5-8,10H2,1H3;5-10H,1-2H3,(H,16,18)(H,17,19)(H,20,21). The quantitative estimate of drug-likeness (QED) is 0.269. The van der Waals surface area contributed by atoms with Crippen LogP contribution in [0.5, 0.6) is 0 Å². The lowest BCUT2D eigenvalue weighted by Crippen LogP contribution is -2.45. The van der Waals surface area contributed by atoms with Crippen LogP contribution in [0, 0.1) is 11.8 Å². The minimum absolute atomic E-state index is 0.0573. The molecule has 1 aliphatic heterocycles. The highest BCUT2D eigenvalue weighted by Crippen LogP contribution is 2.33. The molecule has 3 heterocycles. The Hall–Kier alpha value is -4.47. The van der Waals surface area contributed by atoms with Gasteiger partial charge in [-0.25, -0.2) is 9.97 Å². The van der Waals surface area contributed by atoms with Gasteiger partial charge in [0.05, 0.1) is 11.3 Å². The van der Waals surface area contributed by atoms with Crippen LogP contribution in [0.25, 0.3) is 0 Å². The summed E-state index contributed by atoms with van der Waals surface area (Å²) in [5, 5.41) is 8.45. The highest BCUT2D eigenvalue weighted by atomic mass is 19.4. The molecule has 4 rings (SSSR count). The Kier molecular flexibility index (Phi) is 11.8. The van der Waals surface area contributed by atoms with E-state index in [0.717, 1.165) is 50.2 Å². The number of halogens is 3. The van der Waals surface area contributed by atoms with Crippen molar-refractivity contribution < 1.29 is 22.8 Å². The lowest BCUT2D eigenvalue weighted by atomic mass is 10.0. The van der Waals surface area contributed by atoms with Gasteiger partial charge in [-0.15, -0.1) is 0 Å². The lowest BCUT2D eigenvalue weighted by molar-refractivity contribution is -0.138. The van der Waals surface area contributed by atoms with E-state index in [9.17, 15) is 22.8 Å². The third kappa shape index (κ3) is 9.29. The smallest absolute Gasteiger partial charge is 0.373 e.